The Hall–Kier alpha value is -0.0400. The van der Waals surface area contributed by atoms with Gasteiger partial charge in [0.15, 0.2) is 0 Å². The van der Waals surface area contributed by atoms with Crippen molar-refractivity contribution in [2.75, 3.05) is 6.61 Å². The highest BCUT2D eigenvalue weighted by Gasteiger charge is 2.15. The van der Waals surface area contributed by atoms with Crippen molar-refractivity contribution in [3.8, 4) is 0 Å². The van der Waals surface area contributed by atoms with Crippen LogP contribution in [0.25, 0.3) is 0 Å². The van der Waals surface area contributed by atoms with E-state index < -0.39 is 0 Å². The van der Waals surface area contributed by atoms with Crippen LogP contribution in [0.15, 0.2) is 0 Å². The van der Waals surface area contributed by atoms with Gasteiger partial charge in [-0.05, 0) is 6.92 Å². The molecule has 1 saturated heterocycles. The summed E-state index contributed by atoms with van der Waals surface area (Å²) in [5.74, 6) is 0. The first kappa shape index (κ1) is 2.21. The maximum atomic E-state index is 4.62. The molecule has 0 aromatic rings. The van der Waals surface area contributed by atoms with E-state index in [2.05, 4.69) is 4.74 Å². The lowest BCUT2D eigenvalue weighted by Crippen LogP contribution is -1.43. The van der Waals surface area contributed by atoms with Crippen LogP contribution in [-0.2, 0) is 4.74 Å². The fraction of sp³-hybridized carbons (Fsp3) is 0.667. The summed E-state index contributed by atoms with van der Waals surface area (Å²) in [5.41, 5.74) is 0. The van der Waals surface area contributed by atoms with Gasteiger partial charge in [-0.25, -0.2) is 0 Å². The number of hydrogen-bond acceptors (Lipinski definition) is 1. The van der Waals surface area contributed by atoms with Gasteiger partial charge in [0.05, 0.1) is 6.61 Å². The first-order valence-corrected chi connectivity index (χ1v) is 1.35. The molecule has 4 heavy (non-hydrogen) atoms. The molecule has 0 atom stereocenters. The highest BCUT2D eigenvalue weighted by Crippen LogP contribution is 2.15. The molecule has 1 heterocycles. The molecule has 0 spiro atoms. The molecule has 0 saturated carbocycles. The summed E-state index contributed by atoms with van der Waals surface area (Å²) in [5, 5.41) is 0. The van der Waals surface area contributed by atoms with Crippen molar-refractivity contribution in [3.05, 3.63) is 6.10 Å². The van der Waals surface area contributed by atoms with Crippen LogP contribution >= 0.6 is 0 Å². The van der Waals surface area contributed by atoms with Crippen LogP contribution in [0.2, 0.25) is 0 Å². The summed E-state index contributed by atoms with van der Waals surface area (Å²) in [7, 11) is 0. The molecule has 0 aromatic carbocycles. The van der Waals surface area contributed by atoms with Crippen LogP contribution in [0.4, 0.5) is 0 Å². The molecule has 23 valence electrons. The minimum absolute atomic E-state index is 0.903. The second kappa shape index (κ2) is 0.462. The second-order valence-electron chi connectivity index (χ2n) is 0.991. The van der Waals surface area contributed by atoms with Crippen molar-refractivity contribution in [3.63, 3.8) is 0 Å². The van der Waals surface area contributed by atoms with Gasteiger partial charge in [0.1, 0.15) is 6.10 Å². The van der Waals surface area contributed by atoms with Gasteiger partial charge in [0.2, 0.25) is 0 Å². The fourth-order valence-electron chi connectivity index (χ4n) is 0.0722. The van der Waals surface area contributed by atoms with Gasteiger partial charge in [0.25, 0.3) is 0 Å². The van der Waals surface area contributed by atoms with Gasteiger partial charge in [-0.15, -0.1) is 0 Å². The zero-order valence-electron chi connectivity index (χ0n) is 2.62. The van der Waals surface area contributed by atoms with Gasteiger partial charge in [-0.2, -0.15) is 0 Å². The minimum Gasteiger partial charge on any atom is -0.367 e. The van der Waals surface area contributed by atoms with Crippen molar-refractivity contribution in [1.29, 1.82) is 0 Å². The van der Waals surface area contributed by atoms with E-state index >= 15 is 0 Å². The first-order chi connectivity index (χ1) is 1.89. The molecule has 1 fully saturated rings. The van der Waals surface area contributed by atoms with Crippen LogP contribution in [0, 0.1) is 6.10 Å². The van der Waals surface area contributed by atoms with E-state index in [4.69, 9.17) is 0 Å². The zero-order valence-corrected chi connectivity index (χ0v) is 2.62. The quantitative estimate of drug-likeness (QED) is 0.370. The third-order valence-electron chi connectivity index (χ3n) is 0.433. The van der Waals surface area contributed by atoms with Crippen molar-refractivity contribution in [2.24, 2.45) is 0 Å². The van der Waals surface area contributed by atoms with Crippen LogP contribution in [-0.4, -0.2) is 6.61 Å². The summed E-state index contributed by atoms with van der Waals surface area (Å²) < 4.78 is 4.62. The second-order valence-corrected chi connectivity index (χ2v) is 0.991. The molecular weight excluding hydrogens is 52.0 g/mol. The number of rotatable bonds is 0. The molecule has 1 aliphatic rings. The molecular formula is C3H5O. The molecule has 0 aromatic heterocycles. The van der Waals surface area contributed by atoms with E-state index in [1.807, 2.05) is 6.92 Å². The number of hydrogen-bond donors (Lipinski definition) is 0. The van der Waals surface area contributed by atoms with Crippen molar-refractivity contribution < 1.29 is 4.74 Å². The zero-order chi connectivity index (χ0) is 2.99. The molecule has 0 N–H and O–H groups in total. The maximum Gasteiger partial charge on any atom is 0.120 e. The van der Waals surface area contributed by atoms with Gasteiger partial charge >= 0.3 is 0 Å². The Bertz CT molecular complexity index is 22.5. The lowest BCUT2D eigenvalue weighted by molar-refractivity contribution is 0.475. The van der Waals surface area contributed by atoms with Crippen LogP contribution in [0.5, 0.6) is 0 Å². The summed E-state index contributed by atoms with van der Waals surface area (Å²) in [6, 6.07) is 0. The number of epoxide rings is 1. The Morgan fingerprint density at radius 2 is 2.25 bits per heavy atom. The smallest absolute Gasteiger partial charge is 0.120 e. The van der Waals surface area contributed by atoms with E-state index in [9.17, 15) is 0 Å². The molecule has 1 aliphatic heterocycles. The predicted octanol–water partition coefficient (Wildman–Crippen LogP) is 0.568. The summed E-state index contributed by atoms with van der Waals surface area (Å²) in [4.78, 5) is 0. The normalized spacial score (nSPS) is 26.2. The first-order valence-electron chi connectivity index (χ1n) is 1.35. The summed E-state index contributed by atoms with van der Waals surface area (Å²) in [6.07, 6.45) is 1.17. The van der Waals surface area contributed by atoms with Crippen molar-refractivity contribution in [2.45, 2.75) is 6.92 Å². The molecule has 0 aliphatic carbocycles. The number of ether oxygens (including phenoxy) is 1. The maximum absolute atomic E-state index is 4.62. The SMILES string of the molecule is C[C]1CO1. The van der Waals surface area contributed by atoms with Gasteiger partial charge in [-0.3, -0.25) is 0 Å². The molecule has 1 radical (unpaired) electrons. The van der Waals surface area contributed by atoms with Crippen LogP contribution in [0.3, 0.4) is 0 Å². The Balaban J connectivity index is 2.17. The molecule has 1 rings (SSSR count). The highest BCUT2D eigenvalue weighted by atomic mass is 16.6. The Kier molecular flexibility index (Phi) is 0.256. The predicted molar refractivity (Wildman–Crippen MR) is 14.9 cm³/mol. The van der Waals surface area contributed by atoms with E-state index in [-0.39, 0.29) is 0 Å². The topological polar surface area (TPSA) is 12.5 Å². The van der Waals surface area contributed by atoms with E-state index in [1.54, 1.807) is 0 Å². The van der Waals surface area contributed by atoms with E-state index in [1.165, 1.54) is 6.10 Å². The third-order valence-corrected chi connectivity index (χ3v) is 0.433. The van der Waals surface area contributed by atoms with E-state index in [0.717, 1.165) is 6.61 Å². The Morgan fingerprint density at radius 3 is 2.25 bits per heavy atom. The van der Waals surface area contributed by atoms with Gasteiger partial charge < -0.3 is 4.74 Å². The Labute approximate surface area is 25.6 Å². The van der Waals surface area contributed by atoms with Gasteiger partial charge in [-0.1, -0.05) is 0 Å². The molecule has 0 bridgehead atoms. The summed E-state index contributed by atoms with van der Waals surface area (Å²) in [6.45, 7) is 2.88. The monoisotopic (exact) mass is 57.0 g/mol. The average molecular weight is 57.1 g/mol. The average Bonchev–Trinajstić information content (AvgIpc) is 1.75. The molecule has 0 amide bonds. The van der Waals surface area contributed by atoms with Gasteiger partial charge in [0, 0.05) is 0 Å². The summed E-state index contributed by atoms with van der Waals surface area (Å²) >= 11 is 0. The third kappa shape index (κ3) is 0.206. The van der Waals surface area contributed by atoms with Crippen molar-refractivity contribution >= 4 is 0 Å². The lowest BCUT2D eigenvalue weighted by Gasteiger charge is -1.48. The standard InChI is InChI=1S/C3H5O/c1-3-2-4-3/h2H2,1H3. The largest absolute Gasteiger partial charge is 0.367 e. The molecule has 1 heteroatoms. The molecule has 0 unspecified atom stereocenters. The highest BCUT2D eigenvalue weighted by molar-refractivity contribution is 4.83. The lowest BCUT2D eigenvalue weighted by atomic mass is 10.6. The van der Waals surface area contributed by atoms with Crippen LogP contribution < -0.4 is 0 Å². The Morgan fingerprint density at radius 1 is 2.00 bits per heavy atom. The molecule has 1 nitrogen and oxygen atoms in total. The van der Waals surface area contributed by atoms with Crippen molar-refractivity contribution in [1.82, 2.24) is 0 Å². The fourth-order valence-corrected chi connectivity index (χ4v) is 0.0722. The van der Waals surface area contributed by atoms with E-state index in [0.29, 0.717) is 0 Å². The minimum atomic E-state index is 0.903. The van der Waals surface area contributed by atoms with Crippen LogP contribution in [0.1, 0.15) is 6.92 Å².